The van der Waals surface area contributed by atoms with E-state index in [2.05, 4.69) is 11.9 Å². The Bertz CT molecular complexity index is 820. The normalized spacial score (nSPS) is 23.3. The second kappa shape index (κ2) is 6.19. The molecule has 1 fully saturated rings. The second-order valence-electron chi connectivity index (χ2n) is 6.32. The molecule has 1 aromatic heterocycles. The highest BCUT2D eigenvalue weighted by atomic mass is 32.2. The monoisotopic (exact) mass is 333 g/mol. The van der Waals surface area contributed by atoms with Crippen LogP contribution in [0.4, 0.5) is 0 Å². The van der Waals surface area contributed by atoms with E-state index >= 15 is 0 Å². The molecule has 2 aromatic rings. The second-order valence-corrected chi connectivity index (χ2v) is 8.18. The highest BCUT2D eigenvalue weighted by molar-refractivity contribution is 7.89. The lowest BCUT2D eigenvalue weighted by Gasteiger charge is -2.38. The van der Waals surface area contributed by atoms with Crippen molar-refractivity contribution in [2.45, 2.75) is 37.6 Å². The molecule has 0 saturated carbocycles. The molecule has 2 atom stereocenters. The third-order valence-electron chi connectivity index (χ3n) is 4.82. The van der Waals surface area contributed by atoms with E-state index in [1.165, 1.54) is 0 Å². The smallest absolute Gasteiger partial charge is 0.244 e. The Morgan fingerprint density at radius 1 is 1.35 bits per heavy atom. The molecular weight excluding hydrogens is 310 g/mol. The van der Waals surface area contributed by atoms with Crippen molar-refractivity contribution in [1.82, 2.24) is 9.29 Å². The number of pyridine rings is 1. The summed E-state index contributed by atoms with van der Waals surface area (Å²) >= 11 is 0. The number of nitrogens with zero attached hydrogens (tertiary/aromatic N) is 2. The molecule has 6 heteroatoms. The predicted octanol–water partition coefficient (Wildman–Crippen LogP) is 2.29. The van der Waals surface area contributed by atoms with Gasteiger partial charge < -0.3 is 5.73 Å². The summed E-state index contributed by atoms with van der Waals surface area (Å²) in [5, 5.41) is 0.682. The lowest BCUT2D eigenvalue weighted by molar-refractivity contribution is 0.192. The number of fused-ring (bicyclic) bond motifs is 1. The van der Waals surface area contributed by atoms with Crippen LogP contribution in [-0.2, 0) is 10.0 Å². The summed E-state index contributed by atoms with van der Waals surface area (Å²) in [7, 11) is -3.59. The van der Waals surface area contributed by atoms with Crippen LogP contribution in [0.25, 0.3) is 10.9 Å². The van der Waals surface area contributed by atoms with Crippen LogP contribution in [0.3, 0.4) is 0 Å². The Morgan fingerprint density at radius 2 is 2.13 bits per heavy atom. The number of benzene rings is 1. The Hall–Kier alpha value is -1.50. The fourth-order valence-electron chi connectivity index (χ4n) is 3.50. The molecule has 5 nitrogen and oxygen atoms in total. The van der Waals surface area contributed by atoms with Crippen molar-refractivity contribution >= 4 is 20.9 Å². The highest BCUT2D eigenvalue weighted by Gasteiger charge is 2.37. The average molecular weight is 333 g/mol. The number of sulfonamides is 1. The first-order valence-corrected chi connectivity index (χ1v) is 9.47. The minimum absolute atomic E-state index is 0.137. The van der Waals surface area contributed by atoms with Gasteiger partial charge in [0, 0.05) is 30.7 Å². The minimum atomic E-state index is -3.59. The van der Waals surface area contributed by atoms with Crippen LogP contribution >= 0.6 is 0 Å². The van der Waals surface area contributed by atoms with E-state index in [4.69, 9.17) is 5.73 Å². The number of nitrogens with two attached hydrogens (primary N) is 1. The van der Waals surface area contributed by atoms with Crippen molar-refractivity contribution in [3.8, 4) is 0 Å². The average Bonchev–Trinajstić information content (AvgIpc) is 2.55. The fourth-order valence-corrected chi connectivity index (χ4v) is 5.45. The van der Waals surface area contributed by atoms with Crippen molar-refractivity contribution in [3.05, 3.63) is 36.0 Å². The van der Waals surface area contributed by atoms with Crippen LogP contribution < -0.4 is 5.73 Å². The lowest BCUT2D eigenvalue weighted by atomic mass is 9.93. The van der Waals surface area contributed by atoms with Crippen molar-refractivity contribution in [2.24, 2.45) is 11.7 Å². The Kier molecular flexibility index (Phi) is 4.40. The Balaban J connectivity index is 2.15. The van der Waals surface area contributed by atoms with E-state index in [-0.39, 0.29) is 12.0 Å². The van der Waals surface area contributed by atoms with Gasteiger partial charge in [-0.05, 0) is 49.4 Å². The molecule has 23 heavy (non-hydrogen) atoms. The Labute approximate surface area is 137 Å². The molecule has 1 saturated heterocycles. The number of aryl methyl sites for hydroxylation is 1. The summed E-state index contributed by atoms with van der Waals surface area (Å²) in [5.41, 5.74) is 7.59. The molecule has 0 aliphatic carbocycles. The van der Waals surface area contributed by atoms with Gasteiger partial charge in [-0.25, -0.2) is 8.42 Å². The summed E-state index contributed by atoms with van der Waals surface area (Å²) in [4.78, 5) is 4.68. The minimum Gasteiger partial charge on any atom is -0.329 e. The van der Waals surface area contributed by atoms with Crippen LogP contribution in [0.15, 0.2) is 35.4 Å². The van der Waals surface area contributed by atoms with Gasteiger partial charge in [0.25, 0.3) is 0 Å². The molecule has 0 spiro atoms. The van der Waals surface area contributed by atoms with Crippen molar-refractivity contribution < 1.29 is 8.42 Å². The van der Waals surface area contributed by atoms with Gasteiger partial charge >= 0.3 is 0 Å². The van der Waals surface area contributed by atoms with Crippen molar-refractivity contribution in [3.63, 3.8) is 0 Å². The molecule has 2 N–H and O–H groups in total. The number of aromatic nitrogens is 1. The molecule has 0 amide bonds. The molecule has 3 rings (SSSR count). The molecule has 2 heterocycles. The zero-order valence-corrected chi connectivity index (χ0v) is 14.4. The first-order chi connectivity index (χ1) is 11.0. The Morgan fingerprint density at radius 3 is 2.87 bits per heavy atom. The maximum atomic E-state index is 13.3. The summed E-state index contributed by atoms with van der Waals surface area (Å²) in [5.74, 6) is 0.276. The largest absolute Gasteiger partial charge is 0.329 e. The summed E-state index contributed by atoms with van der Waals surface area (Å²) in [6.07, 6.45) is 3.58. The molecular formula is C17H23N3O2S. The van der Waals surface area contributed by atoms with Gasteiger partial charge in [-0.2, -0.15) is 4.31 Å². The lowest BCUT2D eigenvalue weighted by Crippen LogP contribution is -2.51. The van der Waals surface area contributed by atoms with Crippen LogP contribution in [0.1, 0.15) is 25.3 Å². The quantitative estimate of drug-likeness (QED) is 0.935. The number of piperidine rings is 1. The molecule has 124 valence electrons. The molecule has 1 aliphatic heterocycles. The van der Waals surface area contributed by atoms with E-state index < -0.39 is 10.0 Å². The van der Waals surface area contributed by atoms with Gasteiger partial charge in [-0.1, -0.05) is 13.0 Å². The summed E-state index contributed by atoms with van der Waals surface area (Å²) < 4.78 is 28.1. The van der Waals surface area contributed by atoms with Crippen LogP contribution in [0, 0.1) is 12.8 Å². The van der Waals surface area contributed by atoms with Crippen LogP contribution in [0.5, 0.6) is 0 Å². The van der Waals surface area contributed by atoms with Crippen LogP contribution in [-0.4, -0.2) is 36.8 Å². The summed E-state index contributed by atoms with van der Waals surface area (Å²) in [6, 6.07) is 6.99. The van der Waals surface area contributed by atoms with E-state index in [0.717, 1.165) is 23.9 Å². The summed E-state index contributed by atoms with van der Waals surface area (Å²) in [6.45, 7) is 4.90. The third kappa shape index (κ3) is 2.75. The number of hydrogen-bond donors (Lipinski definition) is 1. The van der Waals surface area contributed by atoms with Gasteiger partial charge in [-0.15, -0.1) is 0 Å². The van der Waals surface area contributed by atoms with Crippen molar-refractivity contribution in [2.75, 3.05) is 13.1 Å². The van der Waals surface area contributed by atoms with Gasteiger partial charge in [0.2, 0.25) is 10.0 Å². The molecule has 0 radical (unpaired) electrons. The first-order valence-electron chi connectivity index (χ1n) is 8.03. The molecule has 1 aliphatic rings. The number of rotatable bonds is 3. The maximum absolute atomic E-state index is 13.3. The molecule has 2 unspecified atom stereocenters. The predicted molar refractivity (Wildman–Crippen MR) is 91.6 cm³/mol. The third-order valence-corrected chi connectivity index (χ3v) is 6.81. The zero-order chi connectivity index (χ0) is 16.6. The molecule has 0 bridgehead atoms. The topological polar surface area (TPSA) is 76.3 Å². The van der Waals surface area contributed by atoms with Gasteiger partial charge in [0.05, 0.1) is 10.4 Å². The van der Waals surface area contributed by atoms with E-state index in [1.54, 1.807) is 22.6 Å². The molecule has 1 aromatic carbocycles. The van der Waals surface area contributed by atoms with Gasteiger partial charge in [0.1, 0.15) is 0 Å². The van der Waals surface area contributed by atoms with Crippen molar-refractivity contribution in [1.29, 1.82) is 0 Å². The SMILES string of the molecule is Cc1ccc(S(=O)(=O)N2CCCC(C)C2CN)c2cccnc12. The van der Waals surface area contributed by atoms with E-state index in [0.29, 0.717) is 23.4 Å². The van der Waals surface area contributed by atoms with Gasteiger partial charge in [-0.3, -0.25) is 4.98 Å². The van der Waals surface area contributed by atoms with E-state index in [9.17, 15) is 8.42 Å². The number of hydrogen-bond acceptors (Lipinski definition) is 4. The van der Waals surface area contributed by atoms with Crippen LogP contribution in [0.2, 0.25) is 0 Å². The zero-order valence-electron chi connectivity index (χ0n) is 13.6. The van der Waals surface area contributed by atoms with Gasteiger partial charge in [0.15, 0.2) is 0 Å². The fraction of sp³-hybridized carbons (Fsp3) is 0.471. The first kappa shape index (κ1) is 16.4. The maximum Gasteiger partial charge on any atom is 0.244 e. The highest BCUT2D eigenvalue weighted by Crippen LogP contribution is 2.32. The standard InChI is InChI=1S/C17H23N3O2S/c1-12-5-4-10-20(15(12)11-18)23(21,22)16-8-7-13(2)17-14(16)6-3-9-19-17/h3,6-9,12,15H,4-5,10-11,18H2,1-2H3. The van der Waals surface area contributed by atoms with E-state index in [1.807, 2.05) is 19.1 Å².